The maximum Gasteiger partial charge on any atom is 0.260 e. The number of aromatic nitrogens is 1. The molecular weight excluding hydrogens is 338 g/mol. The predicted molar refractivity (Wildman–Crippen MR) is 107 cm³/mol. The number of methoxy groups -OCH3 is 1. The van der Waals surface area contributed by atoms with Crippen molar-refractivity contribution in [3.05, 3.63) is 78.0 Å². The number of benzene rings is 2. The number of amides is 1. The lowest BCUT2D eigenvalue weighted by molar-refractivity contribution is 0.0981. The van der Waals surface area contributed by atoms with Gasteiger partial charge in [-0.25, -0.2) is 4.98 Å². The molecule has 4 rings (SSSR count). The molecule has 0 aliphatic carbocycles. The molecule has 136 valence electrons. The Kier molecular flexibility index (Phi) is 4.50. The molecular formula is C22H21N3O2. The minimum atomic E-state index is -0.0243. The van der Waals surface area contributed by atoms with Crippen LogP contribution in [0.1, 0.15) is 22.8 Å². The zero-order valence-electron chi connectivity index (χ0n) is 15.3. The van der Waals surface area contributed by atoms with Crippen molar-refractivity contribution in [2.45, 2.75) is 19.4 Å². The van der Waals surface area contributed by atoms with Gasteiger partial charge in [0.2, 0.25) is 0 Å². The Labute approximate surface area is 158 Å². The first kappa shape index (κ1) is 17.1. The fourth-order valence-corrected chi connectivity index (χ4v) is 3.49. The average Bonchev–Trinajstić information content (AvgIpc) is 3.04. The minimum absolute atomic E-state index is 0.0243. The van der Waals surface area contributed by atoms with Gasteiger partial charge >= 0.3 is 0 Å². The van der Waals surface area contributed by atoms with Gasteiger partial charge in [-0.2, -0.15) is 0 Å². The summed E-state index contributed by atoms with van der Waals surface area (Å²) in [5.41, 5.74) is 3.60. The molecule has 1 amide bonds. The number of pyridine rings is 1. The monoisotopic (exact) mass is 359 g/mol. The van der Waals surface area contributed by atoms with E-state index in [2.05, 4.69) is 23.3 Å². The van der Waals surface area contributed by atoms with Crippen LogP contribution < -0.4 is 15.0 Å². The van der Waals surface area contributed by atoms with Gasteiger partial charge in [0.1, 0.15) is 11.6 Å². The zero-order valence-corrected chi connectivity index (χ0v) is 15.3. The standard InChI is InChI=1S/C22H21N3O2/c1-15-13-16-7-3-5-9-19(16)25(15)22(26)17-11-12-21(23-14-17)24-18-8-4-6-10-20(18)27-2/h3-12,14-15H,13H2,1-2H3,(H,23,24). The fraction of sp³-hybridized carbons (Fsp3) is 0.182. The summed E-state index contributed by atoms with van der Waals surface area (Å²) >= 11 is 0. The number of carbonyl (C=O) groups is 1. The molecule has 1 aliphatic heterocycles. The van der Waals surface area contributed by atoms with Gasteiger partial charge in [-0.15, -0.1) is 0 Å². The normalized spacial score (nSPS) is 15.3. The van der Waals surface area contributed by atoms with Crippen LogP contribution in [0.25, 0.3) is 0 Å². The molecule has 1 aliphatic rings. The quantitative estimate of drug-likeness (QED) is 0.749. The van der Waals surface area contributed by atoms with Crippen molar-refractivity contribution >= 4 is 23.1 Å². The Bertz CT molecular complexity index is 969. The number of hydrogen-bond donors (Lipinski definition) is 1. The van der Waals surface area contributed by atoms with E-state index in [1.807, 2.05) is 53.4 Å². The third-order valence-electron chi connectivity index (χ3n) is 4.81. The molecule has 0 radical (unpaired) electrons. The molecule has 3 aromatic rings. The summed E-state index contributed by atoms with van der Waals surface area (Å²) < 4.78 is 5.34. The summed E-state index contributed by atoms with van der Waals surface area (Å²) in [5, 5.41) is 3.22. The maximum atomic E-state index is 13.0. The van der Waals surface area contributed by atoms with Crippen molar-refractivity contribution in [2.24, 2.45) is 0 Å². The van der Waals surface area contributed by atoms with Crippen LogP contribution >= 0.6 is 0 Å². The van der Waals surface area contributed by atoms with Crippen LogP contribution in [0.2, 0.25) is 0 Å². The highest BCUT2D eigenvalue weighted by molar-refractivity contribution is 6.07. The highest BCUT2D eigenvalue weighted by atomic mass is 16.5. The van der Waals surface area contributed by atoms with Gasteiger partial charge in [0.25, 0.3) is 5.91 Å². The van der Waals surface area contributed by atoms with Crippen LogP contribution in [0.4, 0.5) is 17.2 Å². The Morgan fingerprint density at radius 1 is 1.11 bits per heavy atom. The van der Waals surface area contributed by atoms with Gasteiger partial charge in [-0.3, -0.25) is 4.79 Å². The molecule has 2 aromatic carbocycles. The van der Waals surface area contributed by atoms with Crippen molar-refractivity contribution < 1.29 is 9.53 Å². The summed E-state index contributed by atoms with van der Waals surface area (Å²) in [6.45, 7) is 2.07. The molecule has 0 saturated carbocycles. The van der Waals surface area contributed by atoms with Crippen molar-refractivity contribution in [2.75, 3.05) is 17.3 Å². The Hall–Kier alpha value is -3.34. The van der Waals surface area contributed by atoms with E-state index in [4.69, 9.17) is 4.74 Å². The molecule has 5 heteroatoms. The molecule has 0 bridgehead atoms. The first-order chi connectivity index (χ1) is 13.2. The van der Waals surface area contributed by atoms with Gasteiger partial charge in [0.05, 0.1) is 18.4 Å². The number of para-hydroxylation sites is 3. The Morgan fingerprint density at radius 2 is 1.89 bits per heavy atom. The molecule has 2 heterocycles. The first-order valence-corrected chi connectivity index (χ1v) is 8.95. The molecule has 1 N–H and O–H groups in total. The summed E-state index contributed by atoms with van der Waals surface area (Å²) in [6.07, 6.45) is 2.50. The van der Waals surface area contributed by atoms with E-state index in [0.717, 1.165) is 23.5 Å². The van der Waals surface area contributed by atoms with Crippen LogP contribution in [0, 0.1) is 0 Å². The number of nitrogens with zero attached hydrogens (tertiary/aromatic N) is 2. The fourth-order valence-electron chi connectivity index (χ4n) is 3.49. The zero-order chi connectivity index (χ0) is 18.8. The lowest BCUT2D eigenvalue weighted by Crippen LogP contribution is -2.35. The van der Waals surface area contributed by atoms with Crippen molar-refractivity contribution in [1.82, 2.24) is 4.98 Å². The smallest absolute Gasteiger partial charge is 0.260 e. The lowest BCUT2D eigenvalue weighted by atomic mass is 10.1. The van der Waals surface area contributed by atoms with E-state index in [1.54, 1.807) is 19.4 Å². The molecule has 1 unspecified atom stereocenters. The highest BCUT2D eigenvalue weighted by Gasteiger charge is 2.31. The van der Waals surface area contributed by atoms with Crippen LogP contribution in [-0.4, -0.2) is 24.0 Å². The van der Waals surface area contributed by atoms with E-state index in [9.17, 15) is 4.79 Å². The van der Waals surface area contributed by atoms with Gasteiger partial charge in [0, 0.05) is 17.9 Å². The molecule has 5 nitrogen and oxygen atoms in total. The van der Waals surface area contributed by atoms with Crippen LogP contribution in [-0.2, 0) is 6.42 Å². The lowest BCUT2D eigenvalue weighted by Gasteiger charge is -2.22. The van der Waals surface area contributed by atoms with Crippen LogP contribution in [0.5, 0.6) is 5.75 Å². The number of carbonyl (C=O) groups excluding carboxylic acids is 1. The molecule has 0 spiro atoms. The number of anilines is 3. The Morgan fingerprint density at radius 3 is 2.67 bits per heavy atom. The van der Waals surface area contributed by atoms with Gasteiger partial charge < -0.3 is 15.0 Å². The van der Waals surface area contributed by atoms with E-state index in [0.29, 0.717) is 11.4 Å². The summed E-state index contributed by atoms with van der Waals surface area (Å²) in [5.74, 6) is 1.37. The number of nitrogens with one attached hydrogen (secondary N) is 1. The summed E-state index contributed by atoms with van der Waals surface area (Å²) in [4.78, 5) is 19.3. The second kappa shape index (κ2) is 7.11. The molecule has 27 heavy (non-hydrogen) atoms. The highest BCUT2D eigenvalue weighted by Crippen LogP contribution is 2.33. The second-order valence-electron chi connectivity index (χ2n) is 6.61. The number of rotatable bonds is 4. The number of hydrogen-bond acceptors (Lipinski definition) is 4. The number of fused-ring (bicyclic) bond motifs is 1. The summed E-state index contributed by atoms with van der Waals surface area (Å²) in [6, 6.07) is 19.5. The van der Waals surface area contributed by atoms with E-state index < -0.39 is 0 Å². The van der Waals surface area contributed by atoms with E-state index in [1.165, 1.54) is 5.56 Å². The average molecular weight is 359 g/mol. The minimum Gasteiger partial charge on any atom is -0.495 e. The first-order valence-electron chi connectivity index (χ1n) is 8.95. The van der Waals surface area contributed by atoms with E-state index in [-0.39, 0.29) is 11.9 Å². The summed E-state index contributed by atoms with van der Waals surface area (Å²) in [7, 11) is 1.63. The van der Waals surface area contributed by atoms with Gasteiger partial charge in [-0.1, -0.05) is 30.3 Å². The molecule has 0 fully saturated rings. The van der Waals surface area contributed by atoms with Crippen LogP contribution in [0.3, 0.4) is 0 Å². The van der Waals surface area contributed by atoms with Crippen molar-refractivity contribution in [3.8, 4) is 5.75 Å². The third kappa shape index (κ3) is 3.24. The van der Waals surface area contributed by atoms with Crippen LogP contribution in [0.15, 0.2) is 66.9 Å². The topological polar surface area (TPSA) is 54.5 Å². The molecule has 1 aromatic heterocycles. The number of ether oxygens (including phenoxy) is 1. The van der Waals surface area contributed by atoms with Gasteiger partial charge in [0.15, 0.2) is 0 Å². The SMILES string of the molecule is COc1ccccc1Nc1ccc(C(=O)N2c3ccccc3CC2C)cn1. The van der Waals surface area contributed by atoms with E-state index >= 15 is 0 Å². The largest absolute Gasteiger partial charge is 0.495 e. The van der Waals surface area contributed by atoms with Gasteiger partial charge in [-0.05, 0) is 49.2 Å². The van der Waals surface area contributed by atoms with Crippen molar-refractivity contribution in [1.29, 1.82) is 0 Å². The Balaban J connectivity index is 1.55. The predicted octanol–water partition coefficient (Wildman–Crippen LogP) is 4.43. The molecule has 1 atom stereocenters. The van der Waals surface area contributed by atoms with Crippen molar-refractivity contribution in [3.63, 3.8) is 0 Å². The second-order valence-corrected chi connectivity index (χ2v) is 6.61. The third-order valence-corrected chi connectivity index (χ3v) is 4.81. The maximum absolute atomic E-state index is 13.0. The molecule has 0 saturated heterocycles.